The highest BCUT2D eigenvalue weighted by Crippen LogP contribution is 2.46. The van der Waals surface area contributed by atoms with Gasteiger partial charge >= 0.3 is 6.09 Å². The van der Waals surface area contributed by atoms with Crippen molar-refractivity contribution in [1.29, 1.82) is 0 Å². The number of fused-ring (bicyclic) bond motifs is 3. The van der Waals surface area contributed by atoms with E-state index in [1.807, 2.05) is 30.5 Å². The van der Waals surface area contributed by atoms with Crippen LogP contribution in [0.2, 0.25) is 0 Å². The van der Waals surface area contributed by atoms with Gasteiger partial charge in [0.15, 0.2) is 0 Å². The average Bonchev–Trinajstić information content (AvgIpc) is 3.86. The predicted molar refractivity (Wildman–Crippen MR) is 204 cm³/mol. The molecule has 16 heteroatoms. The van der Waals surface area contributed by atoms with Crippen LogP contribution in [0, 0.1) is 19.8 Å². The first-order valence-corrected chi connectivity index (χ1v) is 21.3. The van der Waals surface area contributed by atoms with Crippen LogP contribution < -0.4 is 15.4 Å². The smallest absolute Gasteiger partial charge is 0.408 e. The lowest BCUT2D eigenvalue weighted by atomic mass is 9.98. The first-order chi connectivity index (χ1) is 25.6. The fourth-order valence-electron chi connectivity index (χ4n) is 7.60. The molecule has 1 saturated heterocycles. The van der Waals surface area contributed by atoms with Crippen LogP contribution >= 0.6 is 11.3 Å². The Labute approximate surface area is 319 Å². The lowest BCUT2D eigenvalue weighted by Crippen LogP contribution is -2.58. The molecule has 14 nitrogen and oxygen atoms in total. The number of nitrogens with zero attached hydrogens (tertiary/aromatic N) is 4. The zero-order valence-corrected chi connectivity index (χ0v) is 33.0. The minimum absolute atomic E-state index is 0.0679. The number of allylic oxidation sites excluding steroid dienone is 1. The van der Waals surface area contributed by atoms with Gasteiger partial charge in [-0.15, -0.1) is 0 Å². The maximum Gasteiger partial charge on any atom is 0.408 e. The minimum Gasteiger partial charge on any atom is -0.444 e. The van der Waals surface area contributed by atoms with Crippen LogP contribution in [0.3, 0.4) is 0 Å². The van der Waals surface area contributed by atoms with Crippen LogP contribution in [0.1, 0.15) is 95.7 Å². The number of rotatable bonds is 6. The number of amides is 4. The summed E-state index contributed by atoms with van der Waals surface area (Å²) in [6.07, 6.45) is 7.68. The van der Waals surface area contributed by atoms with Gasteiger partial charge in [0.2, 0.25) is 21.8 Å². The van der Waals surface area contributed by atoms with Crippen molar-refractivity contribution in [3.63, 3.8) is 0 Å². The molecule has 0 spiro atoms. The zero-order valence-electron chi connectivity index (χ0n) is 31.4. The van der Waals surface area contributed by atoms with Gasteiger partial charge in [-0.1, -0.05) is 25.0 Å². The lowest BCUT2D eigenvalue weighted by molar-refractivity contribution is -0.141. The van der Waals surface area contributed by atoms with Crippen molar-refractivity contribution in [3.8, 4) is 11.1 Å². The third-order valence-corrected chi connectivity index (χ3v) is 13.5. The summed E-state index contributed by atoms with van der Waals surface area (Å²) in [6.45, 7) is 9.34. The van der Waals surface area contributed by atoms with E-state index < -0.39 is 74.3 Å². The van der Waals surface area contributed by atoms with Crippen LogP contribution in [0.25, 0.3) is 22.2 Å². The minimum atomic E-state index is -3.88. The number of aryl methyl sites for hydroxylation is 1. The van der Waals surface area contributed by atoms with Crippen LogP contribution in [-0.4, -0.2) is 87.1 Å². The van der Waals surface area contributed by atoms with Crippen molar-refractivity contribution < 1.29 is 32.3 Å². The van der Waals surface area contributed by atoms with Crippen molar-refractivity contribution in [2.24, 2.45) is 5.92 Å². The molecule has 2 aliphatic heterocycles. The van der Waals surface area contributed by atoms with Gasteiger partial charge in [0.05, 0.1) is 11.3 Å². The Morgan fingerprint density at radius 2 is 1.85 bits per heavy atom. The third kappa shape index (κ3) is 7.77. The van der Waals surface area contributed by atoms with Crippen LogP contribution in [0.5, 0.6) is 0 Å². The topological polar surface area (TPSA) is 182 Å². The molecule has 2 aliphatic carbocycles. The molecule has 5 atom stereocenters. The molecule has 54 heavy (non-hydrogen) atoms. The van der Waals surface area contributed by atoms with Crippen molar-refractivity contribution in [1.82, 2.24) is 35.2 Å². The Balaban J connectivity index is 1.23. The van der Waals surface area contributed by atoms with Crippen molar-refractivity contribution in [2.45, 2.75) is 127 Å². The highest BCUT2D eigenvalue weighted by Gasteiger charge is 2.62. The largest absolute Gasteiger partial charge is 0.444 e. The second-order valence-electron chi connectivity index (χ2n) is 16.2. The summed E-state index contributed by atoms with van der Waals surface area (Å²) >= 11 is 1.61. The highest BCUT2D eigenvalue weighted by atomic mass is 32.2. The summed E-state index contributed by atoms with van der Waals surface area (Å²) in [4.78, 5) is 58.8. The molecule has 4 heterocycles. The van der Waals surface area contributed by atoms with Crippen molar-refractivity contribution in [2.75, 3.05) is 6.54 Å². The predicted octanol–water partition coefficient (Wildman–Crippen LogP) is 4.82. The van der Waals surface area contributed by atoms with E-state index in [9.17, 15) is 27.6 Å². The molecule has 2 aromatic heterocycles. The quantitative estimate of drug-likeness (QED) is 0.296. The molecular weight excluding hydrogens is 731 g/mol. The van der Waals surface area contributed by atoms with E-state index in [4.69, 9.17) is 14.9 Å². The second-order valence-corrected chi connectivity index (χ2v) is 18.9. The lowest BCUT2D eigenvalue weighted by Gasteiger charge is -2.30. The molecule has 3 N–H and O–H groups in total. The Morgan fingerprint density at radius 3 is 2.56 bits per heavy atom. The van der Waals surface area contributed by atoms with E-state index in [0.29, 0.717) is 37.6 Å². The number of ether oxygens (including phenoxy) is 1. The SMILES string of the molecule is Cc1c(-c2ccsc2)cc2nn([C@@H]3C[C@H]4C(=O)N[C@]5(C(=O)NS(=O)(=O)C6CC6)C[C@H]5/C=C/CCCCC[C@@H](NC(=O)OC(C)(C)C)C(=O)N4C3)nc2c1C. The number of thiophene rings is 1. The normalized spacial score (nSPS) is 27.2. The molecule has 290 valence electrons. The number of hydrogen-bond acceptors (Lipinski definition) is 10. The van der Waals surface area contributed by atoms with Gasteiger partial charge in [-0.25, -0.2) is 13.2 Å². The summed E-state index contributed by atoms with van der Waals surface area (Å²) in [6, 6.07) is 1.51. The van der Waals surface area contributed by atoms with Gasteiger partial charge in [0, 0.05) is 18.9 Å². The van der Waals surface area contributed by atoms with Gasteiger partial charge in [-0.05, 0) is 118 Å². The first-order valence-electron chi connectivity index (χ1n) is 18.8. The zero-order chi connectivity index (χ0) is 38.6. The Hall–Kier alpha value is -4.31. The number of alkyl carbamates (subject to hydrolysis) is 1. The molecule has 0 radical (unpaired) electrons. The number of benzene rings is 1. The molecule has 3 aromatic rings. The van der Waals surface area contributed by atoms with Gasteiger partial charge in [0.25, 0.3) is 5.91 Å². The Bertz CT molecular complexity index is 2100. The van der Waals surface area contributed by atoms with Crippen molar-refractivity contribution in [3.05, 3.63) is 46.2 Å². The van der Waals surface area contributed by atoms with E-state index >= 15 is 0 Å². The van der Waals surface area contributed by atoms with E-state index in [-0.39, 0.29) is 19.4 Å². The van der Waals surface area contributed by atoms with Gasteiger partial charge < -0.3 is 20.3 Å². The van der Waals surface area contributed by atoms with Crippen LogP contribution in [0.4, 0.5) is 4.79 Å². The summed E-state index contributed by atoms with van der Waals surface area (Å²) < 4.78 is 33.5. The highest BCUT2D eigenvalue weighted by molar-refractivity contribution is 7.91. The first kappa shape index (κ1) is 38.0. The Morgan fingerprint density at radius 1 is 1.07 bits per heavy atom. The molecule has 7 rings (SSSR count). The standard InChI is InChI=1S/C38H49N7O7S2/c1-22-23(2)32-30(18-28(22)24-15-16-53-21-24)41-45(42-32)26-17-31-33(46)40-38(35(48)43-54(50,51)27-13-14-27)19-25(38)11-9-7-6-8-10-12-29(34(47)44(31)20-26)39-36(49)52-37(3,4)5/h9,11,15-16,18,21,25-27,29,31H,6-8,10,12-14,17,19-20H2,1-5H3,(H,39,49)(H,40,46)(H,43,48)/b11-9+/t25-,26-,29-,31+,38-/m1/s1. The summed E-state index contributed by atoms with van der Waals surface area (Å²) in [5.74, 6) is -2.23. The Kier molecular flexibility index (Phi) is 10.1. The second kappa shape index (κ2) is 14.4. The summed E-state index contributed by atoms with van der Waals surface area (Å²) in [5, 5.41) is 18.9. The average molecular weight is 780 g/mol. The molecule has 3 fully saturated rings. The summed E-state index contributed by atoms with van der Waals surface area (Å²) in [7, 11) is -3.88. The van der Waals surface area contributed by atoms with Gasteiger partial charge in [-0.2, -0.15) is 26.3 Å². The third-order valence-electron chi connectivity index (χ3n) is 11.0. The van der Waals surface area contributed by atoms with Gasteiger partial charge in [0.1, 0.15) is 34.3 Å². The molecule has 2 saturated carbocycles. The summed E-state index contributed by atoms with van der Waals surface area (Å²) in [5.41, 5.74) is 3.33. The fraction of sp³-hybridized carbons (Fsp3) is 0.579. The number of aromatic nitrogens is 3. The molecule has 1 aromatic carbocycles. The van der Waals surface area contributed by atoms with Crippen molar-refractivity contribution >= 4 is 56.2 Å². The van der Waals surface area contributed by atoms with E-state index in [0.717, 1.165) is 40.6 Å². The van der Waals surface area contributed by atoms with E-state index in [2.05, 4.69) is 33.7 Å². The van der Waals surface area contributed by atoms with Crippen LogP contribution in [-0.2, 0) is 29.1 Å². The van der Waals surface area contributed by atoms with Gasteiger partial charge in [-0.3, -0.25) is 19.1 Å². The van der Waals surface area contributed by atoms with E-state index in [1.54, 1.807) is 36.9 Å². The maximum absolute atomic E-state index is 14.6. The number of nitrogens with one attached hydrogen (secondary N) is 3. The number of carbonyl (C=O) groups excluding carboxylic acids is 4. The maximum atomic E-state index is 14.6. The molecule has 4 amide bonds. The monoisotopic (exact) mass is 779 g/mol. The molecule has 0 bridgehead atoms. The molecule has 4 aliphatic rings. The molecule has 0 unspecified atom stereocenters. The number of sulfonamides is 1. The number of hydrogen-bond donors (Lipinski definition) is 3. The number of carbonyl (C=O) groups is 4. The molecular formula is C38H49N7O7S2. The van der Waals surface area contributed by atoms with Crippen LogP contribution in [0.15, 0.2) is 35.0 Å². The van der Waals surface area contributed by atoms with E-state index in [1.165, 1.54) is 4.90 Å². The fourth-order valence-corrected chi connectivity index (χ4v) is 9.62.